The largest absolute Gasteiger partial charge is 0.497 e. The number of hydrogen-bond acceptors (Lipinski definition) is 4. The van der Waals surface area contributed by atoms with E-state index < -0.39 is 6.10 Å². The average Bonchev–Trinajstić information content (AvgIpc) is 2.55. The third kappa shape index (κ3) is 4.33. The molecule has 0 saturated heterocycles. The summed E-state index contributed by atoms with van der Waals surface area (Å²) in [6, 6.07) is 17.0. The van der Waals surface area contributed by atoms with Crippen LogP contribution in [-0.4, -0.2) is 17.9 Å². The van der Waals surface area contributed by atoms with E-state index in [1.54, 1.807) is 38.3 Å². The second kappa shape index (κ2) is 7.45. The van der Waals surface area contributed by atoms with Gasteiger partial charge in [0.25, 0.3) is 0 Å². The third-order valence-corrected chi connectivity index (χ3v) is 3.11. The number of methoxy groups -OCH3 is 1. The molecule has 0 aliphatic carbocycles. The standard InChI is InChI=1S/C17H19NO3/c1-13(18-21-12-14-6-4-3-5-7-14)17(19)15-8-10-16(20-2)11-9-15/h3-11,17,19H,12H2,1-2H3/t17-/m1/s1. The number of benzene rings is 2. The van der Waals surface area contributed by atoms with Crippen molar-refractivity contribution in [3.05, 3.63) is 65.7 Å². The summed E-state index contributed by atoms with van der Waals surface area (Å²) in [5, 5.41) is 14.2. The van der Waals surface area contributed by atoms with E-state index >= 15 is 0 Å². The first-order valence-corrected chi connectivity index (χ1v) is 6.73. The highest BCUT2D eigenvalue weighted by molar-refractivity contribution is 5.86. The van der Waals surface area contributed by atoms with Crippen LogP contribution in [0.2, 0.25) is 0 Å². The summed E-state index contributed by atoms with van der Waals surface area (Å²) < 4.78 is 5.09. The van der Waals surface area contributed by atoms with Crippen molar-refractivity contribution in [3.8, 4) is 5.75 Å². The van der Waals surface area contributed by atoms with Crippen molar-refractivity contribution in [1.82, 2.24) is 0 Å². The fraction of sp³-hybridized carbons (Fsp3) is 0.235. The molecule has 110 valence electrons. The van der Waals surface area contributed by atoms with E-state index in [2.05, 4.69) is 5.16 Å². The molecule has 0 spiro atoms. The summed E-state index contributed by atoms with van der Waals surface area (Å²) >= 11 is 0. The average molecular weight is 285 g/mol. The van der Waals surface area contributed by atoms with Gasteiger partial charge in [0.2, 0.25) is 0 Å². The monoisotopic (exact) mass is 285 g/mol. The molecule has 0 fully saturated rings. The molecule has 2 aromatic carbocycles. The van der Waals surface area contributed by atoms with Gasteiger partial charge in [-0.05, 0) is 30.2 Å². The quantitative estimate of drug-likeness (QED) is 0.654. The van der Waals surface area contributed by atoms with Crippen molar-refractivity contribution >= 4 is 5.71 Å². The Morgan fingerprint density at radius 3 is 2.38 bits per heavy atom. The van der Waals surface area contributed by atoms with Crippen molar-refractivity contribution in [1.29, 1.82) is 0 Å². The van der Waals surface area contributed by atoms with Gasteiger partial charge in [-0.25, -0.2) is 0 Å². The topological polar surface area (TPSA) is 51.0 Å². The number of nitrogens with zero attached hydrogens (tertiary/aromatic N) is 1. The maximum absolute atomic E-state index is 10.2. The van der Waals surface area contributed by atoms with Crippen LogP contribution in [0.4, 0.5) is 0 Å². The minimum absolute atomic E-state index is 0.382. The molecule has 0 amide bonds. The van der Waals surface area contributed by atoms with Crippen LogP contribution in [0.3, 0.4) is 0 Å². The van der Waals surface area contributed by atoms with Crippen LogP contribution in [0.25, 0.3) is 0 Å². The smallest absolute Gasteiger partial charge is 0.142 e. The second-order valence-electron chi connectivity index (χ2n) is 4.67. The Balaban J connectivity index is 1.94. The van der Waals surface area contributed by atoms with E-state index in [-0.39, 0.29) is 0 Å². The zero-order chi connectivity index (χ0) is 15.1. The van der Waals surface area contributed by atoms with Crippen LogP contribution in [0.5, 0.6) is 5.75 Å². The number of hydrogen-bond donors (Lipinski definition) is 1. The predicted octanol–water partition coefficient (Wildman–Crippen LogP) is 3.32. The van der Waals surface area contributed by atoms with Crippen molar-refractivity contribution < 1.29 is 14.7 Å². The van der Waals surface area contributed by atoms with Crippen molar-refractivity contribution in [2.45, 2.75) is 19.6 Å². The highest BCUT2D eigenvalue weighted by atomic mass is 16.6. The highest BCUT2D eigenvalue weighted by Crippen LogP contribution is 2.19. The minimum atomic E-state index is -0.785. The van der Waals surface area contributed by atoms with Gasteiger partial charge >= 0.3 is 0 Å². The Bertz CT molecular complexity index is 579. The van der Waals surface area contributed by atoms with E-state index in [9.17, 15) is 5.11 Å². The normalized spacial score (nSPS) is 12.8. The van der Waals surface area contributed by atoms with Crippen LogP contribution in [-0.2, 0) is 11.4 Å². The molecule has 1 atom stereocenters. The van der Waals surface area contributed by atoms with Gasteiger partial charge < -0.3 is 14.7 Å². The number of ether oxygens (including phenoxy) is 1. The number of rotatable bonds is 6. The molecule has 21 heavy (non-hydrogen) atoms. The molecule has 0 radical (unpaired) electrons. The lowest BCUT2D eigenvalue weighted by molar-refractivity contribution is 0.124. The SMILES string of the molecule is COc1ccc([C@H](O)C(C)=NOCc2ccccc2)cc1. The molecule has 0 aromatic heterocycles. The summed E-state index contributed by atoms with van der Waals surface area (Å²) in [5.41, 5.74) is 2.30. The molecule has 0 unspecified atom stereocenters. The van der Waals surface area contributed by atoms with Crippen LogP contribution < -0.4 is 4.74 Å². The molecule has 4 nitrogen and oxygen atoms in total. The number of aliphatic hydroxyl groups excluding tert-OH is 1. The lowest BCUT2D eigenvalue weighted by Gasteiger charge is -2.11. The van der Waals surface area contributed by atoms with Crippen LogP contribution in [0, 0.1) is 0 Å². The number of oxime groups is 1. The lowest BCUT2D eigenvalue weighted by Crippen LogP contribution is -2.09. The molecule has 0 bridgehead atoms. The fourth-order valence-corrected chi connectivity index (χ4v) is 1.86. The molecule has 0 saturated carbocycles. The van der Waals surface area contributed by atoms with E-state index in [1.165, 1.54) is 0 Å². The number of aliphatic hydroxyl groups is 1. The van der Waals surface area contributed by atoms with Gasteiger partial charge in [-0.15, -0.1) is 0 Å². The van der Waals surface area contributed by atoms with Crippen molar-refractivity contribution in [2.24, 2.45) is 5.16 Å². The fourth-order valence-electron chi connectivity index (χ4n) is 1.86. The molecular formula is C17H19NO3. The van der Waals surface area contributed by atoms with Gasteiger partial charge in [-0.2, -0.15) is 0 Å². The third-order valence-electron chi connectivity index (χ3n) is 3.11. The van der Waals surface area contributed by atoms with Gasteiger partial charge in [0, 0.05) is 0 Å². The summed E-state index contributed by atoms with van der Waals surface area (Å²) in [6.45, 7) is 2.12. The van der Waals surface area contributed by atoms with E-state index in [4.69, 9.17) is 9.57 Å². The first kappa shape index (κ1) is 15.1. The van der Waals surface area contributed by atoms with Gasteiger partial charge in [0.15, 0.2) is 0 Å². The Labute approximate surface area is 124 Å². The molecule has 0 aliphatic heterocycles. The first-order chi connectivity index (χ1) is 10.2. The van der Waals surface area contributed by atoms with Gasteiger partial charge in [-0.3, -0.25) is 0 Å². The zero-order valence-electron chi connectivity index (χ0n) is 12.2. The van der Waals surface area contributed by atoms with Gasteiger partial charge in [0.05, 0.1) is 12.8 Å². The Morgan fingerprint density at radius 1 is 1.10 bits per heavy atom. The maximum atomic E-state index is 10.2. The highest BCUT2D eigenvalue weighted by Gasteiger charge is 2.11. The predicted molar refractivity (Wildman–Crippen MR) is 82.3 cm³/mol. The molecule has 2 rings (SSSR count). The summed E-state index contributed by atoms with van der Waals surface area (Å²) in [6.07, 6.45) is -0.785. The lowest BCUT2D eigenvalue weighted by atomic mass is 10.1. The second-order valence-corrected chi connectivity index (χ2v) is 4.67. The van der Waals surface area contributed by atoms with Gasteiger partial charge in [0.1, 0.15) is 18.5 Å². The first-order valence-electron chi connectivity index (χ1n) is 6.73. The van der Waals surface area contributed by atoms with E-state index in [0.29, 0.717) is 12.3 Å². The van der Waals surface area contributed by atoms with Crippen LogP contribution in [0.1, 0.15) is 24.2 Å². The van der Waals surface area contributed by atoms with Crippen LogP contribution >= 0.6 is 0 Å². The molecule has 0 heterocycles. The van der Waals surface area contributed by atoms with Crippen LogP contribution in [0.15, 0.2) is 59.8 Å². The minimum Gasteiger partial charge on any atom is -0.497 e. The van der Waals surface area contributed by atoms with E-state index in [1.807, 2.05) is 30.3 Å². The summed E-state index contributed by atoms with van der Waals surface area (Å²) in [7, 11) is 1.61. The molecule has 1 N–H and O–H groups in total. The Morgan fingerprint density at radius 2 is 1.76 bits per heavy atom. The van der Waals surface area contributed by atoms with Gasteiger partial charge in [-0.1, -0.05) is 47.6 Å². The molecule has 2 aromatic rings. The molecule has 0 aliphatic rings. The van der Waals surface area contributed by atoms with Crippen molar-refractivity contribution in [2.75, 3.05) is 7.11 Å². The zero-order valence-corrected chi connectivity index (χ0v) is 12.2. The maximum Gasteiger partial charge on any atom is 0.142 e. The Hall–Kier alpha value is -2.33. The van der Waals surface area contributed by atoms with Crippen molar-refractivity contribution in [3.63, 3.8) is 0 Å². The summed E-state index contributed by atoms with van der Waals surface area (Å²) in [5.74, 6) is 0.751. The Kier molecular flexibility index (Phi) is 5.35. The summed E-state index contributed by atoms with van der Waals surface area (Å²) in [4.78, 5) is 5.27. The molecule has 4 heteroatoms. The molecular weight excluding hydrogens is 266 g/mol. The van der Waals surface area contributed by atoms with E-state index in [0.717, 1.165) is 16.9 Å².